The zero-order valence-electron chi connectivity index (χ0n) is 10.7. The quantitative estimate of drug-likeness (QED) is 0.878. The second-order valence-electron chi connectivity index (χ2n) is 3.90. The van der Waals surface area contributed by atoms with Crippen molar-refractivity contribution in [3.63, 3.8) is 0 Å². The number of carboxylic acids is 1. The number of hydrogen-bond donors (Lipinski definition) is 1. The molecule has 0 radical (unpaired) electrons. The Bertz CT molecular complexity index is 433. The summed E-state index contributed by atoms with van der Waals surface area (Å²) in [4.78, 5) is 29.6. The van der Waals surface area contributed by atoms with Crippen LogP contribution >= 0.6 is 11.3 Å². The molecule has 1 heterocycles. The maximum absolute atomic E-state index is 12.0. The minimum absolute atomic E-state index is 0.282. The monoisotopic (exact) mass is 271 g/mol. The number of carbonyl (C=O) groups is 2. The molecular weight excluding hydrogens is 254 g/mol. The Morgan fingerprint density at radius 3 is 2.61 bits per heavy atom. The molecule has 0 spiro atoms. The largest absolute Gasteiger partial charge is 0.480 e. The number of amides is 2. The lowest BCUT2D eigenvalue weighted by Gasteiger charge is -2.25. The van der Waals surface area contributed by atoms with Crippen LogP contribution < -0.4 is 0 Å². The number of aryl methyl sites for hydroxylation is 1. The molecule has 6 nitrogen and oxygen atoms in total. The second kappa shape index (κ2) is 6.34. The number of aromatic nitrogens is 1. The lowest BCUT2D eigenvalue weighted by molar-refractivity contribution is -0.137. The highest BCUT2D eigenvalue weighted by molar-refractivity contribution is 7.09. The minimum atomic E-state index is -1.01. The van der Waals surface area contributed by atoms with Crippen LogP contribution in [0.3, 0.4) is 0 Å². The Hall–Kier alpha value is -1.63. The molecule has 0 fully saturated rings. The fourth-order valence-corrected chi connectivity index (χ4v) is 2.11. The van der Waals surface area contributed by atoms with Crippen LogP contribution in [0.2, 0.25) is 0 Å². The number of carboxylic acid groups (broad SMARTS) is 1. The molecule has 18 heavy (non-hydrogen) atoms. The molecule has 1 N–H and O–H groups in total. The van der Waals surface area contributed by atoms with Gasteiger partial charge in [0.05, 0.1) is 17.2 Å². The van der Waals surface area contributed by atoms with Gasteiger partial charge in [-0.1, -0.05) is 0 Å². The average molecular weight is 271 g/mol. The van der Waals surface area contributed by atoms with Gasteiger partial charge < -0.3 is 14.9 Å². The van der Waals surface area contributed by atoms with Crippen molar-refractivity contribution in [2.24, 2.45) is 0 Å². The SMILES string of the molecule is CCN(CC(=O)O)C(=O)N(C)Cc1csc(C)n1. The van der Waals surface area contributed by atoms with E-state index in [1.807, 2.05) is 12.3 Å². The van der Waals surface area contributed by atoms with Gasteiger partial charge in [-0.3, -0.25) is 4.79 Å². The van der Waals surface area contributed by atoms with E-state index in [0.29, 0.717) is 13.1 Å². The van der Waals surface area contributed by atoms with Gasteiger partial charge in [-0.05, 0) is 13.8 Å². The third-order valence-corrected chi connectivity index (χ3v) is 3.19. The van der Waals surface area contributed by atoms with Crippen molar-refractivity contribution in [2.45, 2.75) is 20.4 Å². The molecule has 0 bridgehead atoms. The molecule has 0 aliphatic heterocycles. The normalized spacial score (nSPS) is 10.2. The lowest BCUT2D eigenvalue weighted by atomic mass is 10.4. The first-order valence-corrected chi connectivity index (χ1v) is 6.44. The van der Waals surface area contributed by atoms with Gasteiger partial charge in [-0.25, -0.2) is 9.78 Å². The molecule has 0 aromatic carbocycles. The zero-order chi connectivity index (χ0) is 13.7. The Morgan fingerprint density at radius 2 is 2.17 bits per heavy atom. The van der Waals surface area contributed by atoms with E-state index in [-0.39, 0.29) is 12.6 Å². The standard InChI is InChI=1S/C11H17N3O3S/c1-4-14(6-10(15)16)11(17)13(3)5-9-7-18-8(2)12-9/h7H,4-6H2,1-3H3,(H,15,16). The molecule has 1 aromatic heterocycles. The van der Waals surface area contributed by atoms with Gasteiger partial charge >= 0.3 is 12.0 Å². The van der Waals surface area contributed by atoms with E-state index >= 15 is 0 Å². The molecule has 1 rings (SSSR count). The zero-order valence-corrected chi connectivity index (χ0v) is 11.5. The first-order chi connectivity index (χ1) is 8.43. The summed E-state index contributed by atoms with van der Waals surface area (Å²) in [6, 6.07) is -0.300. The predicted molar refractivity (Wildman–Crippen MR) is 68.6 cm³/mol. The van der Waals surface area contributed by atoms with E-state index in [9.17, 15) is 9.59 Å². The van der Waals surface area contributed by atoms with Crippen molar-refractivity contribution < 1.29 is 14.7 Å². The van der Waals surface area contributed by atoms with Gasteiger partial charge in [0.15, 0.2) is 0 Å². The Morgan fingerprint density at radius 1 is 1.50 bits per heavy atom. The molecule has 0 atom stereocenters. The summed E-state index contributed by atoms with van der Waals surface area (Å²) in [5.74, 6) is -1.01. The van der Waals surface area contributed by atoms with Gasteiger partial charge in [0.2, 0.25) is 0 Å². The summed E-state index contributed by atoms with van der Waals surface area (Å²) in [6.45, 7) is 4.13. The van der Waals surface area contributed by atoms with Crippen LogP contribution in [0, 0.1) is 6.92 Å². The molecule has 0 saturated heterocycles. The van der Waals surface area contributed by atoms with Crippen LogP contribution in [0.25, 0.3) is 0 Å². The molecule has 0 aliphatic rings. The summed E-state index contributed by atoms with van der Waals surface area (Å²) in [5, 5.41) is 11.6. The Labute approximate surface area is 110 Å². The smallest absolute Gasteiger partial charge is 0.323 e. The lowest BCUT2D eigenvalue weighted by Crippen LogP contribution is -2.43. The second-order valence-corrected chi connectivity index (χ2v) is 4.97. The maximum Gasteiger partial charge on any atom is 0.323 e. The van der Waals surface area contributed by atoms with Crippen molar-refractivity contribution in [1.29, 1.82) is 0 Å². The van der Waals surface area contributed by atoms with Gasteiger partial charge in [-0.2, -0.15) is 0 Å². The minimum Gasteiger partial charge on any atom is -0.480 e. The molecule has 7 heteroatoms. The number of urea groups is 1. The van der Waals surface area contributed by atoms with Gasteiger partial charge in [0.25, 0.3) is 0 Å². The van der Waals surface area contributed by atoms with Crippen molar-refractivity contribution in [2.75, 3.05) is 20.1 Å². The van der Waals surface area contributed by atoms with Crippen molar-refractivity contribution in [3.05, 3.63) is 16.1 Å². The highest BCUT2D eigenvalue weighted by Crippen LogP contribution is 2.10. The summed E-state index contributed by atoms with van der Waals surface area (Å²) in [6.07, 6.45) is 0. The third kappa shape index (κ3) is 3.99. The highest BCUT2D eigenvalue weighted by Gasteiger charge is 2.19. The van der Waals surface area contributed by atoms with E-state index < -0.39 is 5.97 Å². The summed E-state index contributed by atoms with van der Waals surface area (Å²) < 4.78 is 0. The Kier molecular flexibility index (Phi) is 5.08. The summed E-state index contributed by atoms with van der Waals surface area (Å²) in [7, 11) is 1.64. The summed E-state index contributed by atoms with van der Waals surface area (Å²) >= 11 is 1.53. The van der Waals surface area contributed by atoms with Crippen LogP contribution in [0.15, 0.2) is 5.38 Å². The fraction of sp³-hybridized carbons (Fsp3) is 0.545. The predicted octanol–water partition coefficient (Wildman–Crippen LogP) is 1.41. The number of thiazole rings is 1. The van der Waals surface area contributed by atoms with Gasteiger partial charge in [-0.15, -0.1) is 11.3 Å². The van der Waals surface area contributed by atoms with E-state index in [1.54, 1.807) is 14.0 Å². The van der Waals surface area contributed by atoms with E-state index in [2.05, 4.69) is 4.98 Å². The molecule has 1 aromatic rings. The van der Waals surface area contributed by atoms with E-state index in [4.69, 9.17) is 5.11 Å². The van der Waals surface area contributed by atoms with Crippen LogP contribution in [0.5, 0.6) is 0 Å². The van der Waals surface area contributed by atoms with Crippen molar-refractivity contribution in [3.8, 4) is 0 Å². The van der Waals surface area contributed by atoms with Crippen LogP contribution in [-0.2, 0) is 11.3 Å². The molecule has 100 valence electrons. The van der Waals surface area contributed by atoms with E-state index in [0.717, 1.165) is 10.7 Å². The number of rotatable bonds is 5. The highest BCUT2D eigenvalue weighted by atomic mass is 32.1. The molecule has 2 amide bonds. The van der Waals surface area contributed by atoms with Gasteiger partial charge in [0.1, 0.15) is 6.54 Å². The number of carbonyl (C=O) groups excluding carboxylic acids is 1. The van der Waals surface area contributed by atoms with Crippen molar-refractivity contribution in [1.82, 2.24) is 14.8 Å². The van der Waals surface area contributed by atoms with Gasteiger partial charge in [0, 0.05) is 19.0 Å². The third-order valence-electron chi connectivity index (χ3n) is 2.37. The fourth-order valence-electron chi connectivity index (χ4n) is 1.51. The number of nitrogens with zero attached hydrogens (tertiary/aromatic N) is 3. The molecule has 0 saturated carbocycles. The molecule has 0 aliphatic carbocycles. The van der Waals surface area contributed by atoms with Crippen molar-refractivity contribution >= 4 is 23.3 Å². The first-order valence-electron chi connectivity index (χ1n) is 5.56. The molecule has 0 unspecified atom stereocenters. The topological polar surface area (TPSA) is 73.7 Å². The number of hydrogen-bond acceptors (Lipinski definition) is 4. The molecular formula is C11H17N3O3S. The number of likely N-dealkylation sites (N-methyl/N-ethyl adjacent to an activating group) is 1. The average Bonchev–Trinajstić information content (AvgIpc) is 2.70. The van der Waals surface area contributed by atoms with Crippen LogP contribution in [0.1, 0.15) is 17.6 Å². The summed E-state index contributed by atoms with van der Waals surface area (Å²) in [5.41, 5.74) is 0.819. The van der Waals surface area contributed by atoms with Crippen LogP contribution in [0.4, 0.5) is 4.79 Å². The van der Waals surface area contributed by atoms with Crippen LogP contribution in [-0.4, -0.2) is 52.0 Å². The first kappa shape index (κ1) is 14.4. The Balaban J connectivity index is 2.61. The van der Waals surface area contributed by atoms with E-state index in [1.165, 1.54) is 21.1 Å². The maximum atomic E-state index is 12.0. The number of aliphatic carboxylic acids is 1.